The van der Waals surface area contributed by atoms with Gasteiger partial charge < -0.3 is 25.4 Å². The number of aliphatic imine (C=N–C) groups is 1. The Hall–Kier alpha value is -2.67. The third-order valence-electron chi connectivity index (χ3n) is 6.51. The van der Waals surface area contributed by atoms with Crippen LogP contribution in [0.15, 0.2) is 53.5 Å². The predicted octanol–water partition coefficient (Wildman–Crippen LogP) is 2.81. The van der Waals surface area contributed by atoms with Crippen LogP contribution >= 0.6 is 0 Å². The summed E-state index contributed by atoms with van der Waals surface area (Å²) in [6.07, 6.45) is 1.91. The van der Waals surface area contributed by atoms with Crippen molar-refractivity contribution >= 4 is 17.2 Å². The molecular weight excluding hydrogens is 388 g/mol. The van der Waals surface area contributed by atoms with E-state index in [-0.39, 0.29) is 25.0 Å². The monoisotopic (exact) mass is 418 g/mol. The highest BCUT2D eigenvalue weighted by atomic mass is 16.6. The molecule has 3 N–H and O–H groups in total. The largest absolute Gasteiger partial charge is 0.392 e. The fourth-order valence-corrected chi connectivity index (χ4v) is 4.51. The molecule has 2 unspecified atom stereocenters. The Labute approximate surface area is 183 Å². The van der Waals surface area contributed by atoms with Gasteiger partial charge >= 0.3 is 0 Å². The zero-order chi connectivity index (χ0) is 21.5. The average molecular weight is 419 g/mol. The molecular formula is C25H30N4O2. The Morgan fingerprint density at radius 1 is 1.03 bits per heavy atom. The molecule has 2 aromatic rings. The lowest BCUT2D eigenvalue weighted by Gasteiger charge is -2.32. The number of likely N-dealkylation sites (N-methyl/N-ethyl adjacent to an activating group) is 1. The van der Waals surface area contributed by atoms with E-state index >= 15 is 0 Å². The third kappa shape index (κ3) is 3.87. The van der Waals surface area contributed by atoms with E-state index in [0.717, 1.165) is 59.9 Å². The number of piperidine rings is 1. The van der Waals surface area contributed by atoms with Gasteiger partial charge in [-0.05, 0) is 25.3 Å². The molecule has 0 bridgehead atoms. The normalized spacial score (nSPS) is 24.1. The number of nitrogens with two attached hydrogens (primary N) is 1. The second-order valence-corrected chi connectivity index (χ2v) is 8.77. The first-order valence-corrected chi connectivity index (χ1v) is 11.0. The Balaban J connectivity index is 1.65. The Bertz CT molecular complexity index is 1000. The molecule has 2 aromatic carbocycles. The van der Waals surface area contributed by atoms with E-state index in [1.165, 1.54) is 5.56 Å². The zero-order valence-electron chi connectivity index (χ0n) is 18.2. The molecule has 31 heavy (non-hydrogen) atoms. The molecule has 6 heteroatoms. The van der Waals surface area contributed by atoms with E-state index in [9.17, 15) is 5.11 Å². The molecule has 0 radical (unpaired) electrons. The number of ether oxygens (including phenoxy) is 1. The van der Waals surface area contributed by atoms with Gasteiger partial charge in [-0.15, -0.1) is 0 Å². The maximum atomic E-state index is 9.47. The number of nitrogens with zero attached hydrogens (tertiary/aromatic N) is 3. The standard InChI is InChI=1S/C25H30N4O2/c1-16-3-7-19(8-4-16)22-21(18-9-5-17(15-30)6-10-18)27-24(23-25(31-23)28(22)2)29-13-11-20(26)12-14-29/h3-10,20,23,25,30H,11-15,26H2,1-2H3. The molecule has 0 aromatic heterocycles. The molecule has 3 heterocycles. The molecule has 0 spiro atoms. The quantitative estimate of drug-likeness (QED) is 0.750. The number of likely N-dealkylation sites (tertiary alicyclic amines) is 1. The Morgan fingerprint density at radius 2 is 1.68 bits per heavy atom. The number of hydrogen-bond donors (Lipinski definition) is 2. The number of aliphatic hydroxyl groups is 1. The Kier molecular flexibility index (Phi) is 5.30. The highest BCUT2D eigenvalue weighted by Crippen LogP contribution is 2.41. The summed E-state index contributed by atoms with van der Waals surface area (Å²) in [4.78, 5) is 9.82. The highest BCUT2D eigenvalue weighted by molar-refractivity contribution is 6.01. The molecule has 2 atom stereocenters. The molecule has 6 nitrogen and oxygen atoms in total. The topological polar surface area (TPSA) is 77.6 Å². The number of amidine groups is 1. The highest BCUT2D eigenvalue weighted by Gasteiger charge is 2.51. The maximum Gasteiger partial charge on any atom is 0.165 e. The molecule has 3 aliphatic heterocycles. The SMILES string of the molecule is Cc1ccc(C2=C(c3ccc(CO)cc3)N=C(N3CCC(N)CC3)C3OC3N2C)cc1. The summed E-state index contributed by atoms with van der Waals surface area (Å²) >= 11 is 0. The number of aryl methyl sites for hydroxylation is 1. The van der Waals surface area contributed by atoms with Crippen LogP contribution in [-0.4, -0.2) is 59.3 Å². The van der Waals surface area contributed by atoms with Crippen LogP contribution in [0.3, 0.4) is 0 Å². The first kappa shape index (κ1) is 20.2. The van der Waals surface area contributed by atoms with Gasteiger partial charge in [-0.1, -0.05) is 54.1 Å². The second kappa shape index (κ2) is 8.11. The minimum atomic E-state index is -0.0195. The molecule has 0 aliphatic carbocycles. The van der Waals surface area contributed by atoms with Crippen molar-refractivity contribution in [3.05, 3.63) is 70.8 Å². The van der Waals surface area contributed by atoms with Crippen molar-refractivity contribution in [1.82, 2.24) is 9.80 Å². The van der Waals surface area contributed by atoms with Gasteiger partial charge in [-0.2, -0.15) is 0 Å². The van der Waals surface area contributed by atoms with Crippen LogP contribution in [0.4, 0.5) is 0 Å². The van der Waals surface area contributed by atoms with Gasteiger partial charge in [0.1, 0.15) is 5.84 Å². The molecule has 3 aliphatic rings. The van der Waals surface area contributed by atoms with Crippen molar-refractivity contribution in [2.45, 2.75) is 44.7 Å². The van der Waals surface area contributed by atoms with E-state index < -0.39 is 0 Å². The van der Waals surface area contributed by atoms with Crippen LogP contribution in [0.5, 0.6) is 0 Å². The maximum absolute atomic E-state index is 9.47. The van der Waals surface area contributed by atoms with Gasteiger partial charge in [0.05, 0.1) is 18.0 Å². The number of epoxide rings is 1. The number of hydrogen-bond acceptors (Lipinski definition) is 6. The van der Waals surface area contributed by atoms with Crippen molar-refractivity contribution in [1.29, 1.82) is 0 Å². The molecule has 0 amide bonds. The summed E-state index contributed by atoms with van der Waals surface area (Å²) in [6.45, 7) is 3.95. The van der Waals surface area contributed by atoms with Crippen LogP contribution in [0.25, 0.3) is 11.4 Å². The van der Waals surface area contributed by atoms with E-state index in [1.807, 2.05) is 24.3 Å². The van der Waals surface area contributed by atoms with Gasteiger partial charge in [0, 0.05) is 37.3 Å². The number of rotatable bonds is 3. The van der Waals surface area contributed by atoms with Gasteiger partial charge in [0.15, 0.2) is 12.3 Å². The summed E-state index contributed by atoms with van der Waals surface area (Å²) in [5, 5.41) is 9.47. The third-order valence-corrected chi connectivity index (χ3v) is 6.51. The van der Waals surface area contributed by atoms with Crippen molar-refractivity contribution in [2.24, 2.45) is 10.7 Å². The van der Waals surface area contributed by atoms with Gasteiger partial charge in [-0.3, -0.25) is 0 Å². The first-order valence-electron chi connectivity index (χ1n) is 11.0. The van der Waals surface area contributed by atoms with E-state index in [0.29, 0.717) is 0 Å². The smallest absolute Gasteiger partial charge is 0.165 e. The van der Waals surface area contributed by atoms with Crippen LogP contribution in [0.2, 0.25) is 0 Å². The predicted molar refractivity (Wildman–Crippen MR) is 123 cm³/mol. The second-order valence-electron chi connectivity index (χ2n) is 8.77. The minimum Gasteiger partial charge on any atom is -0.392 e. The lowest BCUT2D eigenvalue weighted by molar-refractivity contribution is 0.272. The summed E-state index contributed by atoms with van der Waals surface area (Å²) in [6, 6.07) is 16.9. The van der Waals surface area contributed by atoms with Crippen LogP contribution < -0.4 is 5.73 Å². The fourth-order valence-electron chi connectivity index (χ4n) is 4.51. The summed E-state index contributed by atoms with van der Waals surface area (Å²) in [5.74, 6) is 1.01. The average Bonchev–Trinajstić information content (AvgIpc) is 3.59. The lowest BCUT2D eigenvalue weighted by Crippen LogP contribution is -2.45. The van der Waals surface area contributed by atoms with E-state index in [1.54, 1.807) is 0 Å². The van der Waals surface area contributed by atoms with Gasteiger partial charge in [0.2, 0.25) is 0 Å². The first-order chi connectivity index (χ1) is 15.0. The van der Waals surface area contributed by atoms with Gasteiger partial charge in [-0.25, -0.2) is 4.99 Å². The van der Waals surface area contributed by atoms with Crippen molar-refractivity contribution in [2.75, 3.05) is 20.1 Å². The molecule has 2 fully saturated rings. The summed E-state index contributed by atoms with van der Waals surface area (Å²) in [7, 11) is 2.09. The molecule has 2 saturated heterocycles. The zero-order valence-corrected chi connectivity index (χ0v) is 18.2. The van der Waals surface area contributed by atoms with Crippen LogP contribution in [-0.2, 0) is 11.3 Å². The van der Waals surface area contributed by atoms with Crippen molar-refractivity contribution < 1.29 is 9.84 Å². The molecule has 162 valence electrons. The van der Waals surface area contributed by atoms with Crippen LogP contribution in [0.1, 0.15) is 35.1 Å². The summed E-state index contributed by atoms with van der Waals surface area (Å²) < 4.78 is 6.11. The Morgan fingerprint density at radius 3 is 2.32 bits per heavy atom. The fraction of sp³-hybridized carbons (Fsp3) is 0.400. The number of fused-ring (bicyclic) bond motifs is 1. The van der Waals surface area contributed by atoms with Crippen molar-refractivity contribution in [3.8, 4) is 0 Å². The van der Waals surface area contributed by atoms with E-state index in [2.05, 4.69) is 48.0 Å². The minimum absolute atomic E-state index is 0.0140. The van der Waals surface area contributed by atoms with Crippen LogP contribution in [0, 0.1) is 6.92 Å². The molecule has 0 saturated carbocycles. The molecule has 5 rings (SSSR count). The van der Waals surface area contributed by atoms with Gasteiger partial charge in [0.25, 0.3) is 0 Å². The number of benzene rings is 2. The van der Waals surface area contributed by atoms with E-state index in [4.69, 9.17) is 15.5 Å². The van der Waals surface area contributed by atoms with Crippen molar-refractivity contribution in [3.63, 3.8) is 0 Å². The lowest BCUT2D eigenvalue weighted by atomic mass is 10.0. The number of aliphatic hydroxyl groups excluding tert-OH is 1. The summed E-state index contributed by atoms with van der Waals surface area (Å²) in [5.41, 5.74) is 12.4.